The predicted octanol–water partition coefficient (Wildman–Crippen LogP) is 2.15. The Labute approximate surface area is 120 Å². The van der Waals surface area contributed by atoms with Crippen LogP contribution in [0.1, 0.15) is 13.3 Å². The van der Waals surface area contributed by atoms with Gasteiger partial charge in [0.1, 0.15) is 5.75 Å². The molecule has 0 fully saturated rings. The van der Waals surface area contributed by atoms with Crippen molar-refractivity contribution in [2.75, 3.05) is 13.6 Å². The van der Waals surface area contributed by atoms with Gasteiger partial charge in [-0.1, -0.05) is 15.9 Å². The van der Waals surface area contributed by atoms with Crippen molar-refractivity contribution in [1.82, 2.24) is 4.90 Å². The summed E-state index contributed by atoms with van der Waals surface area (Å²) < 4.78 is 6.43. The van der Waals surface area contributed by atoms with Crippen molar-refractivity contribution < 1.29 is 19.4 Å². The van der Waals surface area contributed by atoms with Crippen molar-refractivity contribution >= 4 is 27.8 Å². The third-order valence-electron chi connectivity index (χ3n) is 2.51. The van der Waals surface area contributed by atoms with Crippen molar-refractivity contribution in [2.24, 2.45) is 0 Å². The van der Waals surface area contributed by atoms with E-state index in [1.165, 1.54) is 4.90 Å². The van der Waals surface area contributed by atoms with Crippen molar-refractivity contribution in [2.45, 2.75) is 19.4 Å². The normalized spacial score (nSPS) is 11.7. The number of ether oxygens (including phenoxy) is 1. The van der Waals surface area contributed by atoms with Crippen molar-refractivity contribution in [3.05, 3.63) is 28.7 Å². The predicted molar refractivity (Wildman–Crippen MR) is 74.1 cm³/mol. The number of aliphatic carboxylic acids is 1. The highest BCUT2D eigenvalue weighted by atomic mass is 79.9. The van der Waals surface area contributed by atoms with Gasteiger partial charge in [-0.05, 0) is 31.2 Å². The van der Waals surface area contributed by atoms with Crippen molar-refractivity contribution in [3.63, 3.8) is 0 Å². The molecule has 104 valence electrons. The van der Waals surface area contributed by atoms with Crippen LogP contribution in [0, 0.1) is 0 Å². The standard InChI is InChI=1S/C13H16BrNO4/c1-9(13(18)15(2)8-7-12(16)17)19-11-5-3-10(14)4-6-11/h3-6,9H,7-8H2,1-2H3,(H,16,17). The Bertz CT molecular complexity index is 446. The molecule has 1 atom stereocenters. The SMILES string of the molecule is CC(Oc1ccc(Br)cc1)C(=O)N(C)CCC(=O)O. The number of hydrogen-bond acceptors (Lipinski definition) is 3. The van der Waals surface area contributed by atoms with Gasteiger partial charge in [0, 0.05) is 18.1 Å². The van der Waals surface area contributed by atoms with Crippen LogP contribution in [-0.4, -0.2) is 41.6 Å². The topological polar surface area (TPSA) is 66.8 Å². The summed E-state index contributed by atoms with van der Waals surface area (Å²) in [7, 11) is 1.56. The maximum absolute atomic E-state index is 11.9. The molecule has 0 aromatic heterocycles. The summed E-state index contributed by atoms with van der Waals surface area (Å²) in [5, 5.41) is 8.57. The highest BCUT2D eigenvalue weighted by Gasteiger charge is 2.19. The number of rotatable bonds is 6. The molecule has 19 heavy (non-hydrogen) atoms. The summed E-state index contributed by atoms with van der Waals surface area (Å²) in [6.07, 6.45) is -0.729. The number of nitrogens with zero attached hydrogens (tertiary/aromatic N) is 1. The molecule has 0 heterocycles. The summed E-state index contributed by atoms with van der Waals surface area (Å²) in [5.74, 6) is -0.582. The third kappa shape index (κ3) is 5.30. The zero-order chi connectivity index (χ0) is 14.4. The zero-order valence-electron chi connectivity index (χ0n) is 10.8. The second kappa shape index (κ2) is 7.13. The van der Waals surface area contributed by atoms with Crippen LogP contribution in [0.25, 0.3) is 0 Å². The van der Waals surface area contributed by atoms with E-state index in [1.54, 1.807) is 26.1 Å². The van der Waals surface area contributed by atoms with Gasteiger partial charge in [0.15, 0.2) is 6.10 Å². The molecule has 0 aliphatic rings. The molecule has 1 N–H and O–H groups in total. The Kier molecular flexibility index (Phi) is 5.82. The molecule has 0 radical (unpaired) electrons. The van der Waals surface area contributed by atoms with Crippen LogP contribution in [0.2, 0.25) is 0 Å². The second-order valence-electron chi connectivity index (χ2n) is 4.12. The van der Waals surface area contributed by atoms with Gasteiger partial charge < -0.3 is 14.7 Å². The maximum atomic E-state index is 11.9. The number of benzene rings is 1. The number of carboxylic acids is 1. The lowest BCUT2D eigenvalue weighted by Crippen LogP contribution is -2.38. The van der Waals surface area contributed by atoms with E-state index in [0.717, 1.165) is 4.47 Å². The van der Waals surface area contributed by atoms with Crippen molar-refractivity contribution in [1.29, 1.82) is 0 Å². The van der Waals surface area contributed by atoms with Crippen LogP contribution < -0.4 is 4.74 Å². The van der Waals surface area contributed by atoms with Gasteiger partial charge in [0.05, 0.1) is 6.42 Å². The molecule has 1 rings (SSSR count). The lowest BCUT2D eigenvalue weighted by atomic mass is 10.3. The van der Waals surface area contributed by atoms with Gasteiger partial charge >= 0.3 is 5.97 Å². The van der Waals surface area contributed by atoms with E-state index >= 15 is 0 Å². The Morgan fingerprint density at radius 2 is 1.95 bits per heavy atom. The van der Waals surface area contributed by atoms with E-state index in [-0.39, 0.29) is 18.9 Å². The molecule has 0 spiro atoms. The molecule has 1 amide bonds. The Morgan fingerprint density at radius 1 is 1.37 bits per heavy atom. The first-order valence-corrected chi connectivity index (χ1v) is 6.58. The van der Waals surface area contributed by atoms with E-state index in [1.807, 2.05) is 12.1 Å². The highest BCUT2D eigenvalue weighted by molar-refractivity contribution is 9.10. The average Bonchev–Trinajstić information content (AvgIpc) is 2.37. The zero-order valence-corrected chi connectivity index (χ0v) is 12.4. The number of halogens is 1. The molecule has 1 aromatic carbocycles. The Balaban J connectivity index is 2.52. The first kappa shape index (κ1) is 15.5. The fourth-order valence-corrected chi connectivity index (χ4v) is 1.72. The third-order valence-corrected chi connectivity index (χ3v) is 3.04. The largest absolute Gasteiger partial charge is 0.481 e. The van der Waals surface area contributed by atoms with Gasteiger partial charge in [-0.15, -0.1) is 0 Å². The van der Waals surface area contributed by atoms with Gasteiger partial charge in [0.25, 0.3) is 5.91 Å². The summed E-state index contributed by atoms with van der Waals surface area (Å²) in [6, 6.07) is 7.15. The van der Waals surface area contributed by atoms with Crippen LogP contribution in [-0.2, 0) is 9.59 Å². The summed E-state index contributed by atoms with van der Waals surface area (Å²) in [5.41, 5.74) is 0. The van der Waals surface area contributed by atoms with Gasteiger partial charge in [-0.25, -0.2) is 0 Å². The quantitative estimate of drug-likeness (QED) is 0.868. The van der Waals surface area contributed by atoms with Crippen LogP contribution in [0.5, 0.6) is 5.75 Å². The fraction of sp³-hybridized carbons (Fsp3) is 0.385. The molecule has 0 aliphatic heterocycles. The molecule has 1 unspecified atom stereocenters. The Hall–Kier alpha value is -1.56. The molecule has 0 bridgehead atoms. The van der Waals surface area contributed by atoms with Crippen LogP contribution in [0.15, 0.2) is 28.7 Å². The minimum Gasteiger partial charge on any atom is -0.481 e. The van der Waals surface area contributed by atoms with E-state index in [9.17, 15) is 9.59 Å². The monoisotopic (exact) mass is 329 g/mol. The van der Waals surface area contributed by atoms with Gasteiger partial charge in [-0.3, -0.25) is 9.59 Å². The van der Waals surface area contributed by atoms with E-state index in [0.29, 0.717) is 5.75 Å². The van der Waals surface area contributed by atoms with Crippen molar-refractivity contribution in [3.8, 4) is 5.75 Å². The van der Waals surface area contributed by atoms with Crippen LogP contribution in [0.4, 0.5) is 0 Å². The second-order valence-corrected chi connectivity index (χ2v) is 5.03. The molecular weight excluding hydrogens is 314 g/mol. The maximum Gasteiger partial charge on any atom is 0.305 e. The average molecular weight is 330 g/mol. The van der Waals surface area contributed by atoms with Gasteiger partial charge in [-0.2, -0.15) is 0 Å². The van der Waals surface area contributed by atoms with Crippen LogP contribution in [0.3, 0.4) is 0 Å². The Morgan fingerprint density at radius 3 is 2.47 bits per heavy atom. The molecular formula is C13H16BrNO4. The lowest BCUT2D eigenvalue weighted by Gasteiger charge is -2.21. The first-order chi connectivity index (χ1) is 8.90. The molecule has 6 heteroatoms. The summed E-state index contributed by atoms with van der Waals surface area (Å²) in [4.78, 5) is 23.7. The van der Waals surface area contributed by atoms with Crippen LogP contribution >= 0.6 is 15.9 Å². The van der Waals surface area contributed by atoms with E-state index in [4.69, 9.17) is 9.84 Å². The number of carbonyl (C=O) groups is 2. The summed E-state index contributed by atoms with van der Waals surface area (Å²) in [6.45, 7) is 1.81. The molecule has 0 aliphatic carbocycles. The van der Waals surface area contributed by atoms with Gasteiger partial charge in [0.2, 0.25) is 0 Å². The lowest BCUT2D eigenvalue weighted by molar-refractivity contribution is -0.140. The highest BCUT2D eigenvalue weighted by Crippen LogP contribution is 2.17. The number of likely N-dealkylation sites (N-methyl/N-ethyl adjacent to an activating group) is 1. The fourth-order valence-electron chi connectivity index (χ4n) is 1.45. The number of amides is 1. The number of carbonyl (C=O) groups excluding carboxylic acids is 1. The number of carboxylic acid groups (broad SMARTS) is 1. The molecule has 0 saturated carbocycles. The van der Waals surface area contributed by atoms with E-state index < -0.39 is 12.1 Å². The number of hydrogen-bond donors (Lipinski definition) is 1. The summed E-state index contributed by atoms with van der Waals surface area (Å²) >= 11 is 3.31. The van der Waals surface area contributed by atoms with E-state index in [2.05, 4.69) is 15.9 Å². The molecule has 5 nitrogen and oxygen atoms in total. The smallest absolute Gasteiger partial charge is 0.305 e. The first-order valence-electron chi connectivity index (χ1n) is 5.79. The molecule has 0 saturated heterocycles. The minimum atomic E-state index is -0.930. The minimum absolute atomic E-state index is 0.0761. The molecule has 1 aromatic rings.